The van der Waals surface area contributed by atoms with Gasteiger partial charge in [-0.05, 0) is 18.2 Å². The van der Waals surface area contributed by atoms with E-state index in [2.05, 4.69) is 19.7 Å². The summed E-state index contributed by atoms with van der Waals surface area (Å²) in [6, 6.07) is 14.5. The molecule has 0 fully saturated rings. The zero-order valence-electron chi connectivity index (χ0n) is 9.50. The first-order valence-electron chi connectivity index (χ1n) is 5.05. The van der Waals surface area contributed by atoms with Crippen LogP contribution in [0.4, 0.5) is 4.39 Å². The average molecular weight is 381 g/mol. The zero-order valence-corrected chi connectivity index (χ0v) is 14.8. The minimum atomic E-state index is -0.370. The van der Waals surface area contributed by atoms with Gasteiger partial charge in [0.25, 0.3) is 0 Å². The van der Waals surface area contributed by atoms with E-state index in [1.165, 1.54) is 34.5 Å². The third-order valence-electron chi connectivity index (χ3n) is 2.06. The molecule has 0 aromatic heterocycles. The molecule has 0 spiro atoms. The molecule has 0 aliphatic carbocycles. The third-order valence-corrected chi connectivity index (χ3v) is 2.36. The van der Waals surface area contributed by atoms with E-state index in [9.17, 15) is 4.39 Å². The van der Waals surface area contributed by atoms with E-state index >= 15 is 0 Å². The van der Waals surface area contributed by atoms with Crippen LogP contribution in [-0.2, 0) is 22.9 Å². The van der Waals surface area contributed by atoms with E-state index in [0.29, 0.717) is 12.4 Å². The van der Waals surface area contributed by atoms with E-state index in [1.807, 2.05) is 24.3 Å². The van der Waals surface area contributed by atoms with Gasteiger partial charge in [-0.15, -0.1) is 5.56 Å². The Labute approximate surface area is 127 Å². The first-order chi connectivity index (χ1) is 8.75. The van der Waals surface area contributed by atoms with Crippen LogP contribution in [0.25, 0.3) is 0 Å². The summed E-state index contributed by atoms with van der Waals surface area (Å²) in [6.45, 7) is 0.392. The molecule has 2 rings (SSSR count). The molecule has 0 atom stereocenters. The maximum absolute atomic E-state index is 12.8. The van der Waals surface area contributed by atoms with Crippen molar-refractivity contribution < 1.29 is 25.5 Å². The van der Waals surface area contributed by atoms with Crippen LogP contribution in [0.15, 0.2) is 42.5 Å². The Hall–Kier alpha value is -0.437. The average Bonchev–Trinajstić information content (AvgIpc) is 2.41. The Morgan fingerprint density at radius 3 is 2.72 bits per heavy atom. The topological polar surface area (TPSA) is 9.23 Å². The normalized spacial score (nSPS) is 9.39. The van der Waals surface area contributed by atoms with E-state index in [-0.39, 0.29) is 10.8 Å². The SMILES string of the molecule is Fc1ccc(OCc2c[c-]ccc2)c(Cl)c1.[Zn+][Br]. The van der Waals surface area contributed by atoms with Crippen molar-refractivity contribution in [3.05, 3.63) is 64.9 Å². The van der Waals surface area contributed by atoms with Gasteiger partial charge < -0.3 is 4.74 Å². The Morgan fingerprint density at radius 1 is 1.33 bits per heavy atom. The summed E-state index contributed by atoms with van der Waals surface area (Å²) in [4.78, 5) is 0. The Morgan fingerprint density at radius 2 is 2.11 bits per heavy atom. The van der Waals surface area contributed by atoms with Crippen LogP contribution in [0.3, 0.4) is 0 Å². The molecule has 1 nitrogen and oxygen atoms in total. The zero-order chi connectivity index (χ0) is 13.4. The number of hydrogen-bond donors (Lipinski definition) is 0. The van der Waals surface area contributed by atoms with Crippen molar-refractivity contribution in [2.75, 3.05) is 0 Å². The van der Waals surface area contributed by atoms with Gasteiger partial charge in [-0.2, -0.15) is 30.3 Å². The molecule has 2 aromatic rings. The third kappa shape index (κ3) is 5.05. The summed E-state index contributed by atoms with van der Waals surface area (Å²) >= 11 is 10.1. The standard InChI is InChI=1S/C13H9ClFO.BrH.Zn/c14-12-8-11(15)6-7-13(12)16-9-10-4-2-1-3-5-10;;/h1-2,4-8H,9H2;1H;/q-1;;+2/p-1. The van der Waals surface area contributed by atoms with E-state index < -0.39 is 0 Å². The van der Waals surface area contributed by atoms with Crippen molar-refractivity contribution >= 4 is 25.2 Å². The van der Waals surface area contributed by atoms with Crippen molar-refractivity contribution in [1.82, 2.24) is 0 Å². The number of rotatable bonds is 3. The fraction of sp³-hybridized carbons (Fsp3) is 0.0769. The van der Waals surface area contributed by atoms with Crippen LogP contribution in [0.5, 0.6) is 5.75 Å². The van der Waals surface area contributed by atoms with Crippen LogP contribution in [0.1, 0.15) is 5.56 Å². The van der Waals surface area contributed by atoms with Crippen molar-refractivity contribution in [2.45, 2.75) is 6.61 Å². The Kier molecular flexibility index (Phi) is 7.49. The molecule has 0 N–H and O–H groups in total. The van der Waals surface area contributed by atoms with Gasteiger partial charge in [0.1, 0.15) is 11.6 Å². The van der Waals surface area contributed by atoms with Gasteiger partial charge in [0.15, 0.2) is 0 Å². The van der Waals surface area contributed by atoms with Gasteiger partial charge in [-0.3, -0.25) is 0 Å². The molecule has 0 radical (unpaired) electrons. The second-order valence-corrected chi connectivity index (χ2v) is 3.68. The second kappa shape index (κ2) is 8.63. The van der Waals surface area contributed by atoms with Crippen molar-refractivity contribution in [3.8, 4) is 5.75 Å². The molecule has 0 aliphatic heterocycles. The number of ether oxygens (including phenoxy) is 1. The first-order valence-corrected chi connectivity index (χ1v) is 12.4. The summed E-state index contributed by atoms with van der Waals surface area (Å²) < 4.78 is 18.2. The first kappa shape index (κ1) is 15.6. The molecule has 5 heteroatoms. The van der Waals surface area contributed by atoms with Gasteiger partial charge in [0.05, 0.1) is 11.6 Å². The molecule has 0 saturated heterocycles. The molecule has 90 valence electrons. The fourth-order valence-corrected chi connectivity index (χ4v) is 1.50. The van der Waals surface area contributed by atoms with Gasteiger partial charge in [-0.25, -0.2) is 4.39 Å². The number of benzene rings is 2. The van der Waals surface area contributed by atoms with E-state index in [0.717, 1.165) is 5.56 Å². The van der Waals surface area contributed by atoms with Crippen molar-refractivity contribution in [2.24, 2.45) is 0 Å². The Bertz CT molecular complexity index is 482. The van der Waals surface area contributed by atoms with Crippen molar-refractivity contribution in [1.29, 1.82) is 0 Å². The molecule has 18 heavy (non-hydrogen) atoms. The quantitative estimate of drug-likeness (QED) is 0.554. The van der Waals surface area contributed by atoms with Crippen molar-refractivity contribution in [3.63, 3.8) is 0 Å². The molecular formula is C13H9BrClFOZn. The van der Waals surface area contributed by atoms with Gasteiger partial charge in [0, 0.05) is 0 Å². The van der Waals surface area contributed by atoms with E-state index in [4.69, 9.17) is 16.3 Å². The monoisotopic (exact) mass is 378 g/mol. The molecule has 0 amide bonds. The van der Waals surface area contributed by atoms with Crippen LogP contribution >= 0.6 is 25.2 Å². The Balaban J connectivity index is 0.000000771. The predicted octanol–water partition coefficient (Wildman–Crippen LogP) is 4.70. The van der Waals surface area contributed by atoms with Crippen LogP contribution < -0.4 is 4.74 Å². The molecule has 0 aliphatic rings. The molecule has 2 aromatic carbocycles. The summed E-state index contributed by atoms with van der Waals surface area (Å²) in [7, 11) is 0. The van der Waals surface area contributed by atoms with E-state index in [1.54, 1.807) is 0 Å². The minimum absolute atomic E-state index is 0.278. The molecule has 0 saturated carbocycles. The summed E-state index contributed by atoms with van der Waals surface area (Å²) in [5.74, 6) is 0.109. The summed E-state index contributed by atoms with van der Waals surface area (Å²) in [5, 5.41) is 0.278. The maximum atomic E-state index is 12.8. The van der Waals surface area contributed by atoms with Crippen LogP contribution in [0, 0.1) is 11.9 Å². The molecule has 0 heterocycles. The summed E-state index contributed by atoms with van der Waals surface area (Å²) in [5.41, 5.74) is 0.989. The van der Waals surface area contributed by atoms with Gasteiger partial charge >= 0.3 is 30.0 Å². The fourth-order valence-electron chi connectivity index (χ4n) is 1.27. The molecular weight excluding hydrogens is 372 g/mol. The van der Waals surface area contributed by atoms with Crippen LogP contribution in [-0.4, -0.2) is 0 Å². The molecule has 0 bridgehead atoms. The molecule has 0 unspecified atom stereocenters. The second-order valence-electron chi connectivity index (χ2n) is 3.28. The number of halogens is 3. The van der Waals surface area contributed by atoms with Gasteiger partial charge in [-0.1, -0.05) is 11.6 Å². The van der Waals surface area contributed by atoms with Crippen LogP contribution in [0.2, 0.25) is 5.02 Å². The predicted molar refractivity (Wildman–Crippen MR) is 69.9 cm³/mol. The van der Waals surface area contributed by atoms with Gasteiger partial charge in [0.2, 0.25) is 0 Å². The summed E-state index contributed by atoms with van der Waals surface area (Å²) in [6.07, 6.45) is 0. The number of hydrogen-bond acceptors (Lipinski definition) is 1.